The number of hydrogen-bond acceptors (Lipinski definition) is 5. The summed E-state index contributed by atoms with van der Waals surface area (Å²) in [5, 5.41) is 21.7. The standard InChI is InChI=1S/C22H24N2O4/c1-2-15-11-17(13-20(12-15)28-19-7-9-27-10-8-19)21(22(25)26)24-18-5-3-16(14-23)4-6-18/h3-6,11-13,19,21,24H,2,7-10H2,1H3,(H,25,26). The number of nitriles is 1. The number of carbonyl (C=O) groups is 1. The lowest BCUT2D eigenvalue weighted by Gasteiger charge is -2.24. The fourth-order valence-electron chi connectivity index (χ4n) is 3.21. The zero-order valence-electron chi connectivity index (χ0n) is 15.9. The second-order valence-electron chi connectivity index (χ2n) is 6.80. The summed E-state index contributed by atoms with van der Waals surface area (Å²) in [5.74, 6) is -0.288. The molecule has 6 nitrogen and oxygen atoms in total. The van der Waals surface area contributed by atoms with Crippen LogP contribution < -0.4 is 10.1 Å². The molecule has 0 spiro atoms. The molecule has 0 aromatic heterocycles. The van der Waals surface area contributed by atoms with Crippen molar-refractivity contribution in [1.29, 1.82) is 5.26 Å². The van der Waals surface area contributed by atoms with Crippen molar-refractivity contribution in [1.82, 2.24) is 0 Å². The molecule has 1 heterocycles. The van der Waals surface area contributed by atoms with Crippen molar-refractivity contribution in [2.45, 2.75) is 38.3 Å². The summed E-state index contributed by atoms with van der Waals surface area (Å²) in [6.45, 7) is 3.40. The topological polar surface area (TPSA) is 91.6 Å². The Morgan fingerprint density at radius 2 is 2.00 bits per heavy atom. The predicted octanol–water partition coefficient (Wildman–Crippen LogP) is 3.92. The van der Waals surface area contributed by atoms with Crippen LogP contribution in [0, 0.1) is 11.3 Å². The number of carboxylic acids is 1. The van der Waals surface area contributed by atoms with Crippen LogP contribution in [-0.4, -0.2) is 30.4 Å². The first-order valence-corrected chi connectivity index (χ1v) is 9.47. The lowest BCUT2D eigenvalue weighted by atomic mass is 10.0. The lowest BCUT2D eigenvalue weighted by molar-refractivity contribution is -0.138. The van der Waals surface area contributed by atoms with E-state index in [1.807, 2.05) is 19.1 Å². The van der Waals surface area contributed by atoms with Crippen LogP contribution in [0.5, 0.6) is 5.75 Å². The van der Waals surface area contributed by atoms with Crippen LogP contribution in [0.3, 0.4) is 0 Å². The molecule has 1 fully saturated rings. The Morgan fingerprint density at radius 3 is 2.61 bits per heavy atom. The van der Waals surface area contributed by atoms with Gasteiger partial charge in [-0.2, -0.15) is 5.26 Å². The first-order valence-electron chi connectivity index (χ1n) is 9.47. The highest BCUT2D eigenvalue weighted by Gasteiger charge is 2.22. The van der Waals surface area contributed by atoms with Gasteiger partial charge in [-0.15, -0.1) is 0 Å². The van der Waals surface area contributed by atoms with Gasteiger partial charge in [0.15, 0.2) is 6.04 Å². The maximum atomic E-state index is 12.0. The normalized spacial score (nSPS) is 15.4. The number of benzene rings is 2. The maximum Gasteiger partial charge on any atom is 0.330 e. The molecule has 1 saturated heterocycles. The van der Waals surface area contributed by atoms with Gasteiger partial charge < -0.3 is 19.9 Å². The maximum absolute atomic E-state index is 12.0. The van der Waals surface area contributed by atoms with Gasteiger partial charge in [0, 0.05) is 18.5 Å². The number of ether oxygens (including phenoxy) is 2. The first kappa shape index (κ1) is 19.7. The molecule has 0 radical (unpaired) electrons. The molecule has 1 unspecified atom stereocenters. The van der Waals surface area contributed by atoms with Gasteiger partial charge in [0.25, 0.3) is 0 Å². The molecule has 2 aromatic carbocycles. The summed E-state index contributed by atoms with van der Waals surface area (Å²) < 4.78 is 11.5. The highest BCUT2D eigenvalue weighted by molar-refractivity contribution is 5.79. The third kappa shape index (κ3) is 5.02. The fourth-order valence-corrected chi connectivity index (χ4v) is 3.21. The number of anilines is 1. The minimum Gasteiger partial charge on any atom is -0.490 e. The van der Waals surface area contributed by atoms with E-state index < -0.39 is 12.0 Å². The fraction of sp³-hybridized carbons (Fsp3) is 0.364. The van der Waals surface area contributed by atoms with E-state index in [0.29, 0.717) is 35.8 Å². The van der Waals surface area contributed by atoms with Gasteiger partial charge in [-0.25, -0.2) is 4.79 Å². The number of rotatable bonds is 7. The number of carboxylic acid groups (broad SMARTS) is 1. The molecule has 146 valence electrons. The van der Waals surface area contributed by atoms with E-state index >= 15 is 0 Å². The Kier molecular flexibility index (Phi) is 6.51. The zero-order valence-corrected chi connectivity index (χ0v) is 15.9. The minimum atomic E-state index is -0.977. The number of aliphatic carboxylic acids is 1. The van der Waals surface area contributed by atoms with E-state index in [0.717, 1.165) is 24.8 Å². The van der Waals surface area contributed by atoms with Gasteiger partial charge in [0.2, 0.25) is 0 Å². The molecule has 0 bridgehead atoms. The Hall–Kier alpha value is -3.04. The average Bonchev–Trinajstić information content (AvgIpc) is 2.72. The van der Waals surface area contributed by atoms with Crippen molar-refractivity contribution in [2.24, 2.45) is 0 Å². The van der Waals surface area contributed by atoms with Crippen molar-refractivity contribution in [2.75, 3.05) is 18.5 Å². The molecule has 2 N–H and O–H groups in total. The van der Waals surface area contributed by atoms with E-state index in [1.54, 1.807) is 30.3 Å². The minimum absolute atomic E-state index is 0.0865. The molecule has 0 saturated carbocycles. The van der Waals surface area contributed by atoms with Gasteiger partial charge in [-0.05, 0) is 53.9 Å². The van der Waals surface area contributed by atoms with Crippen LogP contribution in [0.1, 0.15) is 42.5 Å². The highest BCUT2D eigenvalue weighted by Crippen LogP contribution is 2.28. The number of nitrogens with zero attached hydrogens (tertiary/aromatic N) is 1. The number of nitrogens with one attached hydrogen (secondary N) is 1. The van der Waals surface area contributed by atoms with E-state index in [-0.39, 0.29) is 6.10 Å². The van der Waals surface area contributed by atoms with E-state index in [1.165, 1.54) is 0 Å². The van der Waals surface area contributed by atoms with Crippen molar-refractivity contribution in [3.63, 3.8) is 0 Å². The van der Waals surface area contributed by atoms with Crippen LogP contribution >= 0.6 is 0 Å². The van der Waals surface area contributed by atoms with Crippen LogP contribution in [0.15, 0.2) is 42.5 Å². The van der Waals surface area contributed by atoms with E-state index in [4.69, 9.17) is 14.7 Å². The third-order valence-electron chi connectivity index (χ3n) is 4.77. The van der Waals surface area contributed by atoms with Crippen molar-refractivity contribution < 1.29 is 19.4 Å². The van der Waals surface area contributed by atoms with Gasteiger partial charge in [-0.3, -0.25) is 0 Å². The smallest absolute Gasteiger partial charge is 0.330 e. The lowest BCUT2D eigenvalue weighted by Crippen LogP contribution is -2.26. The molecule has 6 heteroatoms. The number of hydrogen-bond donors (Lipinski definition) is 2. The van der Waals surface area contributed by atoms with Crippen LogP contribution in [0.4, 0.5) is 5.69 Å². The average molecular weight is 380 g/mol. The monoisotopic (exact) mass is 380 g/mol. The van der Waals surface area contributed by atoms with Gasteiger partial charge in [0.05, 0.1) is 24.8 Å². The van der Waals surface area contributed by atoms with E-state index in [2.05, 4.69) is 11.4 Å². The highest BCUT2D eigenvalue weighted by atomic mass is 16.5. The quantitative estimate of drug-likeness (QED) is 0.756. The summed E-state index contributed by atoms with van der Waals surface area (Å²) >= 11 is 0. The summed E-state index contributed by atoms with van der Waals surface area (Å²) in [6.07, 6.45) is 2.53. The van der Waals surface area contributed by atoms with Crippen LogP contribution in [-0.2, 0) is 16.0 Å². The summed E-state index contributed by atoms with van der Waals surface area (Å²) in [4.78, 5) is 12.0. The van der Waals surface area contributed by atoms with Crippen molar-refractivity contribution >= 4 is 11.7 Å². The van der Waals surface area contributed by atoms with Gasteiger partial charge in [0.1, 0.15) is 11.9 Å². The molecular formula is C22H24N2O4. The largest absolute Gasteiger partial charge is 0.490 e. The Labute approximate surface area is 164 Å². The molecule has 0 amide bonds. The predicted molar refractivity (Wildman–Crippen MR) is 105 cm³/mol. The first-order chi connectivity index (χ1) is 13.6. The third-order valence-corrected chi connectivity index (χ3v) is 4.77. The summed E-state index contributed by atoms with van der Waals surface area (Å²) in [5.41, 5.74) is 2.82. The van der Waals surface area contributed by atoms with Crippen LogP contribution in [0.2, 0.25) is 0 Å². The summed E-state index contributed by atoms with van der Waals surface area (Å²) in [6, 6.07) is 13.5. The molecule has 0 aliphatic carbocycles. The molecule has 1 aliphatic heterocycles. The Balaban J connectivity index is 1.85. The second kappa shape index (κ2) is 9.25. The molecule has 1 aliphatic rings. The molecule has 3 rings (SSSR count). The van der Waals surface area contributed by atoms with Crippen molar-refractivity contribution in [3.8, 4) is 11.8 Å². The van der Waals surface area contributed by atoms with Crippen LogP contribution in [0.25, 0.3) is 0 Å². The van der Waals surface area contributed by atoms with E-state index in [9.17, 15) is 9.90 Å². The molecule has 2 aromatic rings. The Morgan fingerprint density at radius 1 is 1.29 bits per heavy atom. The SMILES string of the molecule is CCc1cc(OC2CCOCC2)cc(C(Nc2ccc(C#N)cc2)C(=O)O)c1. The second-order valence-corrected chi connectivity index (χ2v) is 6.80. The number of aryl methyl sites for hydroxylation is 1. The zero-order chi connectivity index (χ0) is 19.9. The summed E-state index contributed by atoms with van der Waals surface area (Å²) in [7, 11) is 0. The molecular weight excluding hydrogens is 356 g/mol. The van der Waals surface area contributed by atoms with Gasteiger partial charge in [-0.1, -0.05) is 13.0 Å². The van der Waals surface area contributed by atoms with Gasteiger partial charge >= 0.3 is 5.97 Å². The van der Waals surface area contributed by atoms with Crippen molar-refractivity contribution in [3.05, 3.63) is 59.2 Å². The Bertz CT molecular complexity index is 852. The molecule has 1 atom stereocenters. The molecule has 28 heavy (non-hydrogen) atoms.